The number of nitrogens with zero attached hydrogens (tertiary/aromatic N) is 1. The summed E-state index contributed by atoms with van der Waals surface area (Å²) in [7, 11) is 1.63. The third-order valence-electron chi connectivity index (χ3n) is 4.23. The van der Waals surface area contributed by atoms with Gasteiger partial charge in [-0.3, -0.25) is 4.79 Å². The molecular weight excluding hydrogens is 338 g/mol. The number of ether oxygens (including phenoxy) is 1. The smallest absolute Gasteiger partial charge is 0.251 e. The molecule has 5 heteroatoms. The molecule has 0 saturated carbocycles. The lowest BCUT2D eigenvalue weighted by molar-refractivity contribution is 0.0951. The van der Waals surface area contributed by atoms with Gasteiger partial charge in [0.15, 0.2) is 0 Å². The molecule has 1 amide bonds. The van der Waals surface area contributed by atoms with Crippen molar-refractivity contribution in [1.29, 1.82) is 0 Å². The van der Waals surface area contributed by atoms with Crippen LogP contribution in [0.3, 0.4) is 0 Å². The minimum atomic E-state index is -0.133. The molecule has 1 heterocycles. The Bertz CT molecular complexity index is 890. The van der Waals surface area contributed by atoms with E-state index in [9.17, 15) is 4.79 Å². The van der Waals surface area contributed by atoms with Gasteiger partial charge in [0, 0.05) is 24.8 Å². The van der Waals surface area contributed by atoms with Crippen molar-refractivity contribution in [3.63, 3.8) is 0 Å². The van der Waals surface area contributed by atoms with Crippen molar-refractivity contribution in [3.05, 3.63) is 89.1 Å². The van der Waals surface area contributed by atoms with Crippen LogP contribution in [0.25, 0.3) is 0 Å². The van der Waals surface area contributed by atoms with Crippen LogP contribution in [-0.2, 0) is 13.1 Å². The molecule has 0 bridgehead atoms. The van der Waals surface area contributed by atoms with E-state index in [0.29, 0.717) is 24.5 Å². The number of anilines is 1. The van der Waals surface area contributed by atoms with E-state index >= 15 is 0 Å². The SMILES string of the molecule is COc1ccc(CNC(=O)c2ccnc(NCc3ccc(C)cc3)c2)cc1. The van der Waals surface area contributed by atoms with Gasteiger partial charge in [0.1, 0.15) is 11.6 Å². The van der Waals surface area contributed by atoms with Crippen LogP contribution in [0.1, 0.15) is 27.0 Å². The molecule has 1 aromatic heterocycles. The van der Waals surface area contributed by atoms with Crippen LogP contribution >= 0.6 is 0 Å². The lowest BCUT2D eigenvalue weighted by atomic mass is 10.1. The van der Waals surface area contributed by atoms with Crippen LogP contribution in [-0.4, -0.2) is 18.0 Å². The Balaban J connectivity index is 1.56. The second kappa shape index (κ2) is 8.85. The van der Waals surface area contributed by atoms with Crippen molar-refractivity contribution >= 4 is 11.7 Å². The molecule has 0 aliphatic rings. The van der Waals surface area contributed by atoms with Gasteiger partial charge in [-0.15, -0.1) is 0 Å². The molecule has 0 atom stereocenters. The average Bonchev–Trinajstić information content (AvgIpc) is 2.72. The molecule has 0 unspecified atom stereocenters. The molecule has 5 nitrogen and oxygen atoms in total. The standard InChI is InChI=1S/C22H23N3O2/c1-16-3-5-17(6-4-16)14-24-21-13-19(11-12-23-21)22(26)25-15-18-7-9-20(27-2)10-8-18/h3-13H,14-15H2,1-2H3,(H,23,24)(H,25,26). The summed E-state index contributed by atoms with van der Waals surface area (Å²) < 4.78 is 5.14. The van der Waals surface area contributed by atoms with Crippen molar-refractivity contribution in [2.45, 2.75) is 20.0 Å². The number of carbonyl (C=O) groups is 1. The molecule has 138 valence electrons. The number of rotatable bonds is 7. The van der Waals surface area contributed by atoms with E-state index in [1.54, 1.807) is 25.4 Å². The largest absolute Gasteiger partial charge is 0.497 e. The molecule has 2 N–H and O–H groups in total. The van der Waals surface area contributed by atoms with Crippen LogP contribution in [0.5, 0.6) is 5.75 Å². The zero-order valence-electron chi connectivity index (χ0n) is 15.5. The van der Waals surface area contributed by atoms with Crippen molar-refractivity contribution in [1.82, 2.24) is 10.3 Å². The second-order valence-corrected chi connectivity index (χ2v) is 6.30. The summed E-state index contributed by atoms with van der Waals surface area (Å²) in [5.41, 5.74) is 3.98. The highest BCUT2D eigenvalue weighted by atomic mass is 16.5. The van der Waals surface area contributed by atoms with Crippen LogP contribution < -0.4 is 15.4 Å². The molecule has 3 rings (SSSR count). The highest BCUT2D eigenvalue weighted by Gasteiger charge is 2.07. The maximum absolute atomic E-state index is 12.4. The Morgan fingerprint density at radius 1 is 0.963 bits per heavy atom. The van der Waals surface area contributed by atoms with Gasteiger partial charge < -0.3 is 15.4 Å². The van der Waals surface area contributed by atoms with Crippen molar-refractivity contribution in [3.8, 4) is 5.75 Å². The molecule has 0 radical (unpaired) electrons. The number of aryl methyl sites for hydroxylation is 1. The van der Waals surface area contributed by atoms with E-state index in [-0.39, 0.29) is 5.91 Å². The molecule has 2 aromatic carbocycles. The number of aromatic nitrogens is 1. The number of nitrogens with one attached hydrogen (secondary N) is 2. The van der Waals surface area contributed by atoms with Gasteiger partial charge in [-0.25, -0.2) is 4.98 Å². The number of methoxy groups -OCH3 is 1. The lowest BCUT2D eigenvalue weighted by Crippen LogP contribution is -2.23. The van der Waals surface area contributed by atoms with Crippen LogP contribution in [0, 0.1) is 6.92 Å². The summed E-state index contributed by atoms with van der Waals surface area (Å²) in [4.78, 5) is 16.7. The van der Waals surface area contributed by atoms with Crippen LogP contribution in [0.2, 0.25) is 0 Å². The fourth-order valence-corrected chi connectivity index (χ4v) is 2.59. The first kappa shape index (κ1) is 18.5. The van der Waals surface area contributed by atoms with Gasteiger partial charge >= 0.3 is 0 Å². The maximum atomic E-state index is 12.4. The molecule has 0 aliphatic heterocycles. The van der Waals surface area contributed by atoms with E-state index in [1.807, 2.05) is 24.3 Å². The molecule has 0 spiro atoms. The molecule has 0 saturated heterocycles. The van der Waals surface area contributed by atoms with Gasteiger partial charge in [-0.2, -0.15) is 0 Å². The topological polar surface area (TPSA) is 63.2 Å². The monoisotopic (exact) mass is 361 g/mol. The van der Waals surface area contributed by atoms with Crippen molar-refractivity contribution < 1.29 is 9.53 Å². The Kier molecular flexibility index (Phi) is 6.05. The fourth-order valence-electron chi connectivity index (χ4n) is 2.59. The van der Waals surface area contributed by atoms with Crippen LogP contribution in [0.15, 0.2) is 66.9 Å². The first-order chi connectivity index (χ1) is 13.1. The molecular formula is C22H23N3O2. The quantitative estimate of drug-likeness (QED) is 0.669. The zero-order chi connectivity index (χ0) is 19.1. The predicted molar refractivity (Wildman–Crippen MR) is 107 cm³/mol. The number of amides is 1. The van der Waals surface area contributed by atoms with Gasteiger partial charge in [-0.05, 0) is 42.3 Å². The summed E-state index contributed by atoms with van der Waals surface area (Å²) >= 11 is 0. The third kappa shape index (κ3) is 5.31. The highest BCUT2D eigenvalue weighted by molar-refractivity contribution is 5.94. The van der Waals surface area contributed by atoms with Gasteiger partial charge in [-0.1, -0.05) is 42.0 Å². The second-order valence-electron chi connectivity index (χ2n) is 6.30. The Morgan fingerprint density at radius 3 is 2.33 bits per heavy atom. The van der Waals surface area contributed by atoms with E-state index in [2.05, 4.69) is 46.8 Å². The summed E-state index contributed by atoms with van der Waals surface area (Å²) in [5, 5.41) is 6.18. The van der Waals surface area contributed by atoms with Crippen molar-refractivity contribution in [2.24, 2.45) is 0 Å². The van der Waals surface area contributed by atoms with Gasteiger partial charge in [0.2, 0.25) is 0 Å². The van der Waals surface area contributed by atoms with E-state index in [4.69, 9.17) is 4.74 Å². The lowest BCUT2D eigenvalue weighted by Gasteiger charge is -2.09. The Labute approximate surface area is 159 Å². The first-order valence-corrected chi connectivity index (χ1v) is 8.80. The number of pyridine rings is 1. The molecule has 3 aromatic rings. The summed E-state index contributed by atoms with van der Waals surface area (Å²) in [6, 6.07) is 19.4. The Morgan fingerprint density at radius 2 is 1.63 bits per heavy atom. The number of hydrogen-bond donors (Lipinski definition) is 2. The molecule has 0 fully saturated rings. The normalized spacial score (nSPS) is 10.3. The minimum absolute atomic E-state index is 0.133. The maximum Gasteiger partial charge on any atom is 0.251 e. The predicted octanol–water partition coefficient (Wildman–Crippen LogP) is 3.94. The van der Waals surface area contributed by atoms with Gasteiger partial charge in [0.25, 0.3) is 5.91 Å². The zero-order valence-corrected chi connectivity index (χ0v) is 15.5. The molecule has 0 aliphatic carbocycles. The van der Waals surface area contributed by atoms with E-state index in [0.717, 1.165) is 16.9 Å². The van der Waals surface area contributed by atoms with Crippen LogP contribution in [0.4, 0.5) is 5.82 Å². The summed E-state index contributed by atoms with van der Waals surface area (Å²) in [6.45, 7) is 3.17. The third-order valence-corrected chi connectivity index (χ3v) is 4.23. The number of benzene rings is 2. The van der Waals surface area contributed by atoms with E-state index in [1.165, 1.54) is 5.56 Å². The number of carbonyl (C=O) groups excluding carboxylic acids is 1. The van der Waals surface area contributed by atoms with E-state index < -0.39 is 0 Å². The highest BCUT2D eigenvalue weighted by Crippen LogP contribution is 2.12. The first-order valence-electron chi connectivity index (χ1n) is 8.80. The fraction of sp³-hybridized carbons (Fsp3) is 0.182. The van der Waals surface area contributed by atoms with Gasteiger partial charge in [0.05, 0.1) is 7.11 Å². The average molecular weight is 361 g/mol. The summed E-state index contributed by atoms with van der Waals surface area (Å²) in [6.07, 6.45) is 1.64. The minimum Gasteiger partial charge on any atom is -0.497 e. The molecule has 27 heavy (non-hydrogen) atoms. The summed E-state index contributed by atoms with van der Waals surface area (Å²) in [5.74, 6) is 1.34. The Hall–Kier alpha value is -3.34. The number of hydrogen-bond acceptors (Lipinski definition) is 4. The van der Waals surface area contributed by atoms with Crippen molar-refractivity contribution in [2.75, 3.05) is 12.4 Å².